The van der Waals surface area contributed by atoms with Gasteiger partial charge in [0.05, 0.1) is 24.4 Å². The van der Waals surface area contributed by atoms with E-state index in [0.717, 1.165) is 44.4 Å². The summed E-state index contributed by atoms with van der Waals surface area (Å²) in [5.41, 5.74) is 5.38. The average molecular weight is 399 g/mol. The molecule has 3 N–H and O–H groups in total. The number of amides is 1. The minimum atomic E-state index is -0.291. The first-order valence-corrected chi connectivity index (χ1v) is 11.2. The number of nitrogens with two attached hydrogens (primary N) is 1. The van der Waals surface area contributed by atoms with Gasteiger partial charge in [0, 0.05) is 18.0 Å². The Kier molecular flexibility index (Phi) is 10.4. The minimum Gasteiger partial charge on any atom is -0.375 e. The van der Waals surface area contributed by atoms with Gasteiger partial charge >= 0.3 is 0 Å². The highest BCUT2D eigenvalue weighted by molar-refractivity contribution is 5.78. The van der Waals surface area contributed by atoms with Crippen molar-refractivity contribution in [3.63, 3.8) is 0 Å². The molecule has 1 fully saturated rings. The number of ether oxygens (including phenoxy) is 2. The highest BCUT2D eigenvalue weighted by atomic mass is 16.5. The zero-order chi connectivity index (χ0) is 21.4. The lowest BCUT2D eigenvalue weighted by molar-refractivity contribution is -0.127. The van der Waals surface area contributed by atoms with Crippen molar-refractivity contribution >= 4 is 5.91 Å². The zero-order valence-electron chi connectivity index (χ0n) is 19.5. The van der Waals surface area contributed by atoms with Crippen molar-refractivity contribution in [3.05, 3.63) is 0 Å². The second kappa shape index (κ2) is 11.5. The fourth-order valence-corrected chi connectivity index (χ4v) is 3.98. The number of carbonyl (C=O) groups is 1. The van der Waals surface area contributed by atoms with Gasteiger partial charge in [-0.15, -0.1) is 0 Å². The van der Waals surface area contributed by atoms with Gasteiger partial charge in [0.25, 0.3) is 0 Å². The molecule has 1 aliphatic carbocycles. The number of nitrogens with one attached hydrogen (secondary N) is 1. The molecular weight excluding hydrogens is 352 g/mol. The van der Waals surface area contributed by atoms with Crippen LogP contribution in [0, 0.1) is 11.8 Å². The second-order valence-electron chi connectivity index (χ2n) is 10.3. The molecule has 5 nitrogen and oxygen atoms in total. The van der Waals surface area contributed by atoms with Crippen LogP contribution >= 0.6 is 0 Å². The van der Waals surface area contributed by atoms with Crippen LogP contribution in [0.25, 0.3) is 0 Å². The predicted octanol–water partition coefficient (Wildman–Crippen LogP) is 4.43. The van der Waals surface area contributed by atoms with Gasteiger partial charge in [0.15, 0.2) is 0 Å². The summed E-state index contributed by atoms with van der Waals surface area (Å²) in [7, 11) is 0. The van der Waals surface area contributed by atoms with Crippen molar-refractivity contribution in [2.45, 2.75) is 117 Å². The molecule has 0 radical (unpaired) electrons. The van der Waals surface area contributed by atoms with Crippen LogP contribution in [0.4, 0.5) is 0 Å². The Morgan fingerprint density at radius 3 is 2.39 bits per heavy atom. The van der Waals surface area contributed by atoms with Gasteiger partial charge < -0.3 is 20.5 Å². The van der Waals surface area contributed by atoms with E-state index < -0.39 is 0 Å². The fraction of sp³-hybridized carbons (Fsp3) is 0.957. The molecule has 4 unspecified atom stereocenters. The molecule has 0 aromatic carbocycles. The molecule has 0 aromatic heterocycles. The Hall–Kier alpha value is -0.650. The Bertz CT molecular complexity index is 463. The summed E-state index contributed by atoms with van der Waals surface area (Å²) < 4.78 is 12.1. The summed E-state index contributed by atoms with van der Waals surface area (Å²) in [6.45, 7) is 15.8. The third-order valence-electron chi connectivity index (χ3n) is 5.75. The highest BCUT2D eigenvalue weighted by Gasteiger charge is 2.26. The van der Waals surface area contributed by atoms with E-state index in [2.05, 4.69) is 39.9 Å². The van der Waals surface area contributed by atoms with Crippen LogP contribution in [-0.2, 0) is 14.3 Å². The maximum Gasteiger partial charge on any atom is 0.223 e. The Labute approximate surface area is 173 Å². The van der Waals surface area contributed by atoms with Crippen LogP contribution in [0.1, 0.15) is 93.4 Å². The monoisotopic (exact) mass is 398 g/mol. The smallest absolute Gasteiger partial charge is 0.223 e. The number of hydrogen-bond acceptors (Lipinski definition) is 4. The van der Waals surface area contributed by atoms with Crippen molar-refractivity contribution in [2.75, 3.05) is 13.2 Å². The lowest BCUT2D eigenvalue weighted by Gasteiger charge is -2.31. The van der Waals surface area contributed by atoms with Gasteiger partial charge in [0.1, 0.15) is 0 Å². The summed E-state index contributed by atoms with van der Waals surface area (Å²) in [6, 6.07) is 0.142. The van der Waals surface area contributed by atoms with E-state index in [1.165, 1.54) is 6.42 Å². The molecule has 28 heavy (non-hydrogen) atoms. The number of carbonyl (C=O) groups excluding carboxylic acids is 1. The van der Waals surface area contributed by atoms with Crippen LogP contribution in [0.5, 0.6) is 0 Å². The largest absolute Gasteiger partial charge is 0.375 e. The van der Waals surface area contributed by atoms with Gasteiger partial charge in [-0.1, -0.05) is 19.8 Å². The molecule has 1 amide bonds. The maximum absolute atomic E-state index is 12.6. The topological polar surface area (TPSA) is 73.6 Å². The molecule has 166 valence electrons. The van der Waals surface area contributed by atoms with E-state index in [4.69, 9.17) is 15.2 Å². The van der Waals surface area contributed by atoms with Crippen LogP contribution in [0.2, 0.25) is 0 Å². The van der Waals surface area contributed by atoms with Crippen molar-refractivity contribution in [1.29, 1.82) is 0 Å². The van der Waals surface area contributed by atoms with E-state index in [-0.39, 0.29) is 35.1 Å². The second-order valence-corrected chi connectivity index (χ2v) is 10.3. The third-order valence-corrected chi connectivity index (χ3v) is 5.75. The third kappa shape index (κ3) is 10.8. The summed E-state index contributed by atoms with van der Waals surface area (Å²) in [6.07, 6.45) is 7.24. The molecule has 0 heterocycles. The molecule has 0 aromatic rings. The van der Waals surface area contributed by atoms with Gasteiger partial charge in [-0.3, -0.25) is 4.79 Å². The van der Waals surface area contributed by atoms with Gasteiger partial charge in [-0.2, -0.15) is 0 Å². The minimum absolute atomic E-state index is 0.0166. The molecule has 0 spiro atoms. The van der Waals surface area contributed by atoms with E-state index in [1.807, 2.05) is 13.8 Å². The van der Waals surface area contributed by atoms with E-state index in [9.17, 15) is 4.79 Å². The van der Waals surface area contributed by atoms with Crippen molar-refractivity contribution in [1.82, 2.24) is 5.32 Å². The molecule has 1 rings (SSSR count). The summed E-state index contributed by atoms with van der Waals surface area (Å²) >= 11 is 0. The van der Waals surface area contributed by atoms with Crippen LogP contribution in [0.15, 0.2) is 0 Å². The highest BCUT2D eigenvalue weighted by Crippen LogP contribution is 2.27. The lowest BCUT2D eigenvalue weighted by atomic mass is 9.98. The number of rotatable bonds is 11. The van der Waals surface area contributed by atoms with Gasteiger partial charge in [0.2, 0.25) is 5.91 Å². The van der Waals surface area contributed by atoms with E-state index >= 15 is 0 Å². The summed E-state index contributed by atoms with van der Waals surface area (Å²) in [5, 5.41) is 3.16. The molecule has 1 aliphatic rings. The van der Waals surface area contributed by atoms with E-state index in [1.54, 1.807) is 0 Å². The van der Waals surface area contributed by atoms with Crippen molar-refractivity contribution in [3.8, 4) is 0 Å². The Morgan fingerprint density at radius 1 is 1.07 bits per heavy atom. The van der Waals surface area contributed by atoms with Crippen molar-refractivity contribution < 1.29 is 14.3 Å². The predicted molar refractivity (Wildman–Crippen MR) is 116 cm³/mol. The lowest BCUT2D eigenvalue weighted by Crippen LogP contribution is -2.42. The molecule has 0 bridgehead atoms. The van der Waals surface area contributed by atoms with Gasteiger partial charge in [-0.05, 0) is 79.6 Å². The van der Waals surface area contributed by atoms with E-state index in [0.29, 0.717) is 13.2 Å². The quantitative estimate of drug-likeness (QED) is 0.505. The normalized spacial score (nSPS) is 23.7. The fourth-order valence-electron chi connectivity index (χ4n) is 3.98. The Morgan fingerprint density at radius 2 is 1.75 bits per heavy atom. The van der Waals surface area contributed by atoms with Crippen LogP contribution < -0.4 is 11.1 Å². The van der Waals surface area contributed by atoms with Gasteiger partial charge in [-0.25, -0.2) is 0 Å². The summed E-state index contributed by atoms with van der Waals surface area (Å²) in [4.78, 5) is 12.6. The van der Waals surface area contributed by atoms with Crippen LogP contribution in [-0.4, -0.2) is 42.4 Å². The zero-order valence-corrected chi connectivity index (χ0v) is 19.5. The standard InChI is InChI=1S/C23H46N2O3/c1-17-9-8-10-20(12-11-17)21(26)25-19(3)16-28-22(4,5)13-14-27-23(6,7)15-18(2)24/h17-20H,8-16,24H2,1-7H3,(H,25,26). The molecule has 4 atom stereocenters. The van der Waals surface area contributed by atoms with Crippen molar-refractivity contribution in [2.24, 2.45) is 17.6 Å². The maximum atomic E-state index is 12.6. The first kappa shape index (κ1) is 25.4. The molecule has 0 saturated heterocycles. The molecule has 5 heteroatoms. The SMILES string of the molecule is CC(N)CC(C)(C)OCCC(C)(C)OCC(C)NC(=O)C1CCCC(C)CC1. The molecular formula is C23H46N2O3. The molecule has 0 aliphatic heterocycles. The number of hydrogen-bond donors (Lipinski definition) is 2. The molecule has 1 saturated carbocycles. The first-order chi connectivity index (χ1) is 12.9. The average Bonchev–Trinajstić information content (AvgIpc) is 2.76. The summed E-state index contributed by atoms with van der Waals surface area (Å²) in [5.74, 6) is 1.12. The Balaban J connectivity index is 2.31. The van der Waals surface area contributed by atoms with Crippen LogP contribution in [0.3, 0.4) is 0 Å². The first-order valence-electron chi connectivity index (χ1n) is 11.2.